The van der Waals surface area contributed by atoms with Crippen LogP contribution in [0.15, 0.2) is 24.3 Å². The van der Waals surface area contributed by atoms with Crippen molar-refractivity contribution in [3.8, 4) is 5.69 Å². The quantitative estimate of drug-likeness (QED) is 0.886. The average molecular weight is 369 g/mol. The monoisotopic (exact) mass is 368 g/mol. The summed E-state index contributed by atoms with van der Waals surface area (Å²) in [7, 11) is -3.11. The van der Waals surface area contributed by atoms with Gasteiger partial charge in [-0.15, -0.1) is 5.10 Å². The van der Waals surface area contributed by atoms with Crippen LogP contribution in [0.2, 0.25) is 5.02 Å². The van der Waals surface area contributed by atoms with E-state index in [2.05, 4.69) is 15.5 Å². The van der Waals surface area contributed by atoms with Crippen LogP contribution < -0.4 is 5.32 Å². The Morgan fingerprint density at radius 2 is 2.12 bits per heavy atom. The van der Waals surface area contributed by atoms with Crippen LogP contribution in [0.25, 0.3) is 5.69 Å². The fourth-order valence-electron chi connectivity index (χ4n) is 2.75. The van der Waals surface area contributed by atoms with E-state index in [9.17, 15) is 13.2 Å². The molecule has 0 aliphatic carbocycles. The Balaban J connectivity index is 1.84. The maximum absolute atomic E-state index is 12.5. The molecule has 1 aliphatic heterocycles. The van der Waals surface area contributed by atoms with E-state index in [1.165, 1.54) is 4.80 Å². The van der Waals surface area contributed by atoms with Gasteiger partial charge in [0.1, 0.15) is 0 Å². The lowest BCUT2D eigenvalue weighted by Crippen LogP contribution is -2.47. The summed E-state index contributed by atoms with van der Waals surface area (Å²) in [4.78, 5) is 13.8. The maximum atomic E-state index is 12.5. The third-order valence-corrected chi connectivity index (χ3v) is 6.09. The smallest absolute Gasteiger partial charge is 0.274 e. The molecule has 1 unspecified atom stereocenters. The van der Waals surface area contributed by atoms with Gasteiger partial charge in [-0.3, -0.25) is 4.79 Å². The number of benzene rings is 1. The molecule has 24 heavy (non-hydrogen) atoms. The van der Waals surface area contributed by atoms with Crippen LogP contribution in [0.5, 0.6) is 0 Å². The van der Waals surface area contributed by atoms with Crippen molar-refractivity contribution in [2.45, 2.75) is 25.8 Å². The average Bonchev–Trinajstić information content (AvgIpc) is 2.99. The molecule has 0 bridgehead atoms. The summed E-state index contributed by atoms with van der Waals surface area (Å²) in [6.07, 6.45) is 0.391. The molecule has 1 atom stereocenters. The highest BCUT2D eigenvalue weighted by molar-refractivity contribution is 7.91. The number of aryl methyl sites for hydroxylation is 1. The minimum atomic E-state index is -3.11. The molecule has 3 rings (SSSR count). The van der Waals surface area contributed by atoms with Crippen molar-refractivity contribution in [1.29, 1.82) is 0 Å². The maximum Gasteiger partial charge on any atom is 0.274 e. The number of rotatable bonds is 3. The summed E-state index contributed by atoms with van der Waals surface area (Å²) >= 11 is 5.96. The standard InChI is InChI=1S/C15H17ClN4O3S/c1-10-13(14(21)17-15(2)6-7-24(22,23)9-15)19-20(18-10)12-5-3-4-11(16)8-12/h3-5,8H,6-7,9H2,1-2H3,(H,17,21). The van der Waals surface area contributed by atoms with E-state index < -0.39 is 21.3 Å². The van der Waals surface area contributed by atoms with Crippen molar-refractivity contribution in [3.63, 3.8) is 0 Å². The predicted octanol–water partition coefficient (Wildman–Crippen LogP) is 1.54. The minimum Gasteiger partial charge on any atom is -0.344 e. The zero-order valence-corrected chi connectivity index (χ0v) is 14.9. The summed E-state index contributed by atoms with van der Waals surface area (Å²) in [6, 6.07) is 6.96. The molecule has 1 amide bonds. The Hall–Kier alpha value is -1.93. The number of hydrogen-bond donors (Lipinski definition) is 1. The van der Waals surface area contributed by atoms with Gasteiger partial charge in [-0.1, -0.05) is 17.7 Å². The van der Waals surface area contributed by atoms with E-state index in [0.717, 1.165) is 0 Å². The van der Waals surface area contributed by atoms with E-state index in [0.29, 0.717) is 22.8 Å². The van der Waals surface area contributed by atoms with E-state index >= 15 is 0 Å². The van der Waals surface area contributed by atoms with Gasteiger partial charge in [0.05, 0.1) is 28.4 Å². The molecule has 128 valence electrons. The lowest BCUT2D eigenvalue weighted by molar-refractivity contribution is 0.0909. The van der Waals surface area contributed by atoms with E-state index in [1.54, 1.807) is 38.1 Å². The SMILES string of the molecule is Cc1nn(-c2cccc(Cl)c2)nc1C(=O)NC1(C)CCS(=O)(=O)C1. The van der Waals surface area contributed by atoms with E-state index in [-0.39, 0.29) is 17.2 Å². The summed E-state index contributed by atoms with van der Waals surface area (Å²) in [6.45, 7) is 3.41. The molecular weight excluding hydrogens is 352 g/mol. The Labute approximate surface area is 144 Å². The van der Waals surface area contributed by atoms with E-state index in [4.69, 9.17) is 11.6 Å². The fraction of sp³-hybridized carbons (Fsp3) is 0.400. The van der Waals surface area contributed by atoms with Crippen molar-refractivity contribution in [2.75, 3.05) is 11.5 Å². The Morgan fingerprint density at radius 3 is 2.75 bits per heavy atom. The molecule has 1 saturated heterocycles. The number of aromatic nitrogens is 3. The molecule has 0 radical (unpaired) electrons. The zero-order chi connectivity index (χ0) is 17.5. The molecule has 1 aliphatic rings. The van der Waals surface area contributed by atoms with Crippen LogP contribution in [0.1, 0.15) is 29.5 Å². The number of nitrogens with zero attached hydrogens (tertiary/aromatic N) is 3. The first-order valence-corrected chi connectivity index (χ1v) is 9.60. The van der Waals surface area contributed by atoms with Gasteiger partial charge in [0.2, 0.25) is 0 Å². The second-order valence-corrected chi connectivity index (χ2v) is 8.88. The molecule has 1 aromatic carbocycles. The number of hydrogen-bond acceptors (Lipinski definition) is 5. The summed E-state index contributed by atoms with van der Waals surface area (Å²) in [5.41, 5.74) is 0.485. The molecule has 1 fully saturated rings. The zero-order valence-electron chi connectivity index (χ0n) is 13.3. The van der Waals surface area contributed by atoms with Crippen LogP contribution in [-0.4, -0.2) is 46.4 Å². The first kappa shape index (κ1) is 16.9. The topological polar surface area (TPSA) is 93.9 Å². The molecule has 2 heterocycles. The lowest BCUT2D eigenvalue weighted by atomic mass is 10.0. The fourth-order valence-corrected chi connectivity index (χ4v) is 5.02. The second kappa shape index (κ2) is 5.86. The molecule has 2 aromatic rings. The van der Waals surface area contributed by atoms with Crippen LogP contribution >= 0.6 is 11.6 Å². The highest BCUT2D eigenvalue weighted by Gasteiger charge is 2.40. The number of carbonyl (C=O) groups is 1. The minimum absolute atomic E-state index is 0.0623. The third kappa shape index (κ3) is 3.44. The molecule has 1 N–H and O–H groups in total. The molecule has 7 nitrogen and oxygen atoms in total. The lowest BCUT2D eigenvalue weighted by Gasteiger charge is -2.23. The molecule has 0 saturated carbocycles. The van der Waals surface area contributed by atoms with Crippen LogP contribution in [0, 0.1) is 6.92 Å². The highest BCUT2D eigenvalue weighted by Crippen LogP contribution is 2.23. The predicted molar refractivity (Wildman–Crippen MR) is 90.2 cm³/mol. The number of sulfone groups is 1. The van der Waals surface area contributed by atoms with Crippen molar-refractivity contribution in [1.82, 2.24) is 20.3 Å². The van der Waals surface area contributed by atoms with Gasteiger partial charge in [0.15, 0.2) is 15.5 Å². The third-order valence-electron chi connectivity index (χ3n) is 3.95. The number of nitrogens with one attached hydrogen (secondary N) is 1. The van der Waals surface area contributed by atoms with Gasteiger partial charge >= 0.3 is 0 Å². The van der Waals surface area contributed by atoms with Crippen LogP contribution in [0.4, 0.5) is 0 Å². The summed E-state index contributed by atoms with van der Waals surface area (Å²) in [5.74, 6) is -0.411. The van der Waals surface area contributed by atoms with E-state index in [1.807, 2.05) is 0 Å². The van der Waals surface area contributed by atoms with Crippen LogP contribution in [-0.2, 0) is 9.84 Å². The number of carbonyl (C=O) groups excluding carboxylic acids is 1. The summed E-state index contributed by atoms with van der Waals surface area (Å²) in [5, 5.41) is 11.8. The summed E-state index contributed by atoms with van der Waals surface area (Å²) < 4.78 is 23.3. The number of amides is 1. The highest BCUT2D eigenvalue weighted by atomic mass is 35.5. The van der Waals surface area contributed by atoms with Gasteiger partial charge in [0.25, 0.3) is 5.91 Å². The first-order valence-electron chi connectivity index (χ1n) is 7.40. The van der Waals surface area contributed by atoms with Crippen molar-refractivity contribution >= 4 is 27.3 Å². The molecule has 9 heteroatoms. The van der Waals surface area contributed by atoms with Crippen molar-refractivity contribution < 1.29 is 13.2 Å². The largest absolute Gasteiger partial charge is 0.344 e. The molecule has 0 spiro atoms. The first-order chi connectivity index (χ1) is 11.2. The normalized spacial score (nSPS) is 22.5. The number of halogens is 1. The van der Waals surface area contributed by atoms with Crippen LogP contribution in [0.3, 0.4) is 0 Å². The van der Waals surface area contributed by atoms with Gasteiger partial charge in [0, 0.05) is 5.02 Å². The van der Waals surface area contributed by atoms with Gasteiger partial charge < -0.3 is 5.32 Å². The Kier molecular flexibility index (Phi) is 4.13. The van der Waals surface area contributed by atoms with Gasteiger partial charge in [-0.25, -0.2) is 8.42 Å². The van der Waals surface area contributed by atoms with Crippen molar-refractivity contribution in [2.24, 2.45) is 0 Å². The second-order valence-electron chi connectivity index (χ2n) is 6.26. The van der Waals surface area contributed by atoms with Gasteiger partial charge in [-0.2, -0.15) is 9.90 Å². The molecular formula is C15H17ClN4O3S. The Morgan fingerprint density at radius 1 is 1.38 bits per heavy atom. The molecule has 1 aromatic heterocycles. The van der Waals surface area contributed by atoms with Crippen molar-refractivity contribution in [3.05, 3.63) is 40.7 Å². The van der Waals surface area contributed by atoms with Gasteiger partial charge in [-0.05, 0) is 38.5 Å². The Bertz CT molecular complexity index is 909.